The van der Waals surface area contributed by atoms with Crippen molar-refractivity contribution in [3.05, 3.63) is 57.3 Å². The lowest BCUT2D eigenvalue weighted by Crippen LogP contribution is -2.16. The summed E-state index contributed by atoms with van der Waals surface area (Å²) in [4.78, 5) is 12.5. The fraction of sp³-hybridized carbons (Fsp3) is 0.214. The summed E-state index contributed by atoms with van der Waals surface area (Å²) in [5.74, 6) is -0.999. The van der Waals surface area contributed by atoms with Crippen LogP contribution in [0.5, 0.6) is 0 Å². The van der Waals surface area contributed by atoms with Crippen molar-refractivity contribution in [2.24, 2.45) is 0 Å². The largest absolute Gasteiger partial charge is 0.417 e. The van der Waals surface area contributed by atoms with Crippen molar-refractivity contribution >= 4 is 17.1 Å². The van der Waals surface area contributed by atoms with Crippen LogP contribution in [0.3, 0.4) is 0 Å². The Balaban J connectivity index is 2.47. The van der Waals surface area contributed by atoms with Gasteiger partial charge in [0.2, 0.25) is 0 Å². The van der Waals surface area contributed by atoms with Crippen molar-refractivity contribution in [2.45, 2.75) is 18.8 Å². The first-order chi connectivity index (χ1) is 10.1. The van der Waals surface area contributed by atoms with Gasteiger partial charge in [0.25, 0.3) is 0 Å². The van der Waals surface area contributed by atoms with Gasteiger partial charge in [-0.2, -0.15) is 26.3 Å². The third-order valence-corrected chi connectivity index (χ3v) is 3.74. The van der Waals surface area contributed by atoms with Crippen molar-refractivity contribution < 1.29 is 31.1 Å². The number of alkyl halides is 6. The molecule has 1 nitrogen and oxygen atoms in total. The van der Waals surface area contributed by atoms with Gasteiger partial charge in [0.05, 0.1) is 11.1 Å². The van der Waals surface area contributed by atoms with Gasteiger partial charge < -0.3 is 0 Å². The van der Waals surface area contributed by atoms with Gasteiger partial charge in [-0.1, -0.05) is 6.07 Å². The van der Waals surface area contributed by atoms with Crippen LogP contribution in [-0.4, -0.2) is 5.78 Å². The first kappa shape index (κ1) is 16.5. The molecule has 0 aliphatic carbocycles. The molecule has 0 radical (unpaired) electrons. The zero-order chi connectivity index (χ0) is 16.5. The molecule has 0 amide bonds. The summed E-state index contributed by atoms with van der Waals surface area (Å²) in [6.45, 7) is 0. The Hall–Kier alpha value is -1.83. The highest BCUT2D eigenvalue weighted by Crippen LogP contribution is 2.37. The van der Waals surface area contributed by atoms with Gasteiger partial charge in [-0.3, -0.25) is 4.79 Å². The van der Waals surface area contributed by atoms with Crippen LogP contribution in [0.1, 0.15) is 26.4 Å². The van der Waals surface area contributed by atoms with E-state index in [1.54, 1.807) is 11.4 Å². The van der Waals surface area contributed by atoms with Gasteiger partial charge in [0.1, 0.15) is 0 Å². The summed E-state index contributed by atoms with van der Waals surface area (Å²) < 4.78 is 76.6. The summed E-state index contributed by atoms with van der Waals surface area (Å²) in [6.07, 6.45) is -10.1. The summed E-state index contributed by atoms with van der Waals surface area (Å²) in [6, 6.07) is 4.02. The number of hydrogen-bond acceptors (Lipinski definition) is 2. The lowest BCUT2D eigenvalue weighted by atomic mass is 9.97. The van der Waals surface area contributed by atoms with E-state index in [9.17, 15) is 31.1 Å². The minimum absolute atomic E-state index is 0.263. The molecule has 0 saturated heterocycles. The van der Waals surface area contributed by atoms with Gasteiger partial charge in [0.15, 0.2) is 5.78 Å². The second kappa shape index (κ2) is 5.75. The third kappa shape index (κ3) is 3.68. The second-order valence-electron chi connectivity index (χ2n) is 4.44. The van der Waals surface area contributed by atoms with Crippen LogP contribution >= 0.6 is 11.3 Å². The molecule has 0 spiro atoms. The van der Waals surface area contributed by atoms with E-state index >= 15 is 0 Å². The van der Waals surface area contributed by atoms with Crippen molar-refractivity contribution in [3.8, 4) is 0 Å². The van der Waals surface area contributed by atoms with Crippen LogP contribution in [0, 0.1) is 0 Å². The normalized spacial score (nSPS) is 12.5. The molecule has 0 N–H and O–H groups in total. The molecule has 1 heterocycles. The topological polar surface area (TPSA) is 17.1 Å². The SMILES string of the molecule is O=C(Cc1cccs1)c1cc(C(F)(F)F)ccc1C(F)(F)F. The maximum Gasteiger partial charge on any atom is 0.417 e. The van der Waals surface area contributed by atoms with E-state index in [4.69, 9.17) is 0 Å². The highest BCUT2D eigenvalue weighted by molar-refractivity contribution is 7.10. The van der Waals surface area contributed by atoms with Gasteiger partial charge in [-0.25, -0.2) is 0 Å². The maximum atomic E-state index is 12.9. The van der Waals surface area contributed by atoms with Crippen LogP contribution in [-0.2, 0) is 18.8 Å². The number of ketones is 1. The van der Waals surface area contributed by atoms with E-state index in [1.165, 1.54) is 6.07 Å². The first-order valence-electron chi connectivity index (χ1n) is 5.93. The molecule has 1 aromatic carbocycles. The van der Waals surface area contributed by atoms with E-state index in [0.717, 1.165) is 11.3 Å². The predicted octanol–water partition coefficient (Wildman–Crippen LogP) is 5.21. The maximum absolute atomic E-state index is 12.9. The smallest absolute Gasteiger partial charge is 0.294 e. The van der Waals surface area contributed by atoms with Crippen LogP contribution in [0.15, 0.2) is 35.7 Å². The number of thiophene rings is 1. The standard InChI is InChI=1S/C14H8F6OS/c15-13(16,17)8-3-4-11(14(18,19)20)10(6-8)12(21)7-9-2-1-5-22-9/h1-6H,7H2. The van der Waals surface area contributed by atoms with Gasteiger partial charge >= 0.3 is 12.4 Å². The Labute approximate surface area is 125 Å². The molecule has 118 valence electrons. The van der Waals surface area contributed by atoms with E-state index in [-0.39, 0.29) is 12.5 Å². The number of halogens is 6. The molecule has 8 heteroatoms. The average molecular weight is 338 g/mol. The average Bonchev–Trinajstić information content (AvgIpc) is 2.88. The molecule has 0 unspecified atom stereocenters. The molecule has 0 saturated carbocycles. The Morgan fingerprint density at radius 2 is 1.68 bits per heavy atom. The molecule has 2 aromatic rings. The zero-order valence-electron chi connectivity index (χ0n) is 10.8. The Morgan fingerprint density at radius 3 is 2.18 bits per heavy atom. The minimum atomic E-state index is -4.90. The van der Waals surface area contributed by atoms with Gasteiger partial charge in [-0.05, 0) is 29.6 Å². The van der Waals surface area contributed by atoms with Gasteiger partial charge in [0, 0.05) is 16.9 Å². The number of carbonyl (C=O) groups excluding carboxylic acids is 1. The van der Waals surface area contributed by atoms with E-state index in [0.29, 0.717) is 17.0 Å². The minimum Gasteiger partial charge on any atom is -0.294 e. The number of rotatable bonds is 3. The molecule has 22 heavy (non-hydrogen) atoms. The fourth-order valence-electron chi connectivity index (χ4n) is 1.87. The zero-order valence-corrected chi connectivity index (χ0v) is 11.6. The van der Waals surface area contributed by atoms with Crippen LogP contribution < -0.4 is 0 Å². The summed E-state index contributed by atoms with van der Waals surface area (Å²) >= 11 is 1.14. The molecule has 0 fully saturated rings. The summed E-state index contributed by atoms with van der Waals surface area (Å²) in [5, 5.41) is 1.62. The quantitative estimate of drug-likeness (QED) is 0.554. The Kier molecular flexibility index (Phi) is 4.32. The van der Waals surface area contributed by atoms with E-state index in [1.807, 2.05) is 0 Å². The number of Topliss-reactive ketones (excluding diaryl/α,β-unsaturated/α-hetero) is 1. The lowest BCUT2D eigenvalue weighted by Gasteiger charge is -2.15. The van der Waals surface area contributed by atoms with Crippen LogP contribution in [0.4, 0.5) is 26.3 Å². The lowest BCUT2D eigenvalue weighted by molar-refractivity contribution is -0.141. The van der Waals surface area contributed by atoms with Gasteiger partial charge in [-0.15, -0.1) is 11.3 Å². The summed E-state index contributed by atoms with van der Waals surface area (Å²) in [5.41, 5.74) is -3.60. The van der Waals surface area contributed by atoms with E-state index in [2.05, 4.69) is 0 Å². The highest BCUT2D eigenvalue weighted by Gasteiger charge is 2.38. The molecule has 0 atom stereocenters. The molecular weight excluding hydrogens is 330 g/mol. The monoisotopic (exact) mass is 338 g/mol. The van der Waals surface area contributed by atoms with Crippen LogP contribution in [0.2, 0.25) is 0 Å². The van der Waals surface area contributed by atoms with Crippen molar-refractivity contribution in [3.63, 3.8) is 0 Å². The van der Waals surface area contributed by atoms with E-state index < -0.39 is 34.8 Å². The van der Waals surface area contributed by atoms with Crippen molar-refractivity contribution in [2.75, 3.05) is 0 Å². The Morgan fingerprint density at radius 1 is 1.00 bits per heavy atom. The Bertz CT molecular complexity index is 670. The number of carbonyl (C=O) groups is 1. The first-order valence-corrected chi connectivity index (χ1v) is 6.81. The molecule has 1 aromatic heterocycles. The molecule has 2 rings (SSSR count). The third-order valence-electron chi connectivity index (χ3n) is 2.87. The van der Waals surface area contributed by atoms with Crippen molar-refractivity contribution in [1.82, 2.24) is 0 Å². The molecule has 0 aliphatic rings. The fourth-order valence-corrected chi connectivity index (χ4v) is 2.57. The predicted molar refractivity (Wildman–Crippen MR) is 68.8 cm³/mol. The molecule has 0 bridgehead atoms. The van der Waals surface area contributed by atoms with Crippen molar-refractivity contribution in [1.29, 1.82) is 0 Å². The molecular formula is C14H8F6OS. The molecule has 0 aliphatic heterocycles. The number of benzene rings is 1. The second-order valence-corrected chi connectivity index (χ2v) is 5.47. The van der Waals surface area contributed by atoms with Crippen LogP contribution in [0.25, 0.3) is 0 Å². The number of hydrogen-bond donors (Lipinski definition) is 0. The highest BCUT2D eigenvalue weighted by atomic mass is 32.1. The summed E-state index contributed by atoms with van der Waals surface area (Å²) in [7, 11) is 0.